The van der Waals surface area contributed by atoms with Crippen LogP contribution in [0.2, 0.25) is 0 Å². The van der Waals surface area contributed by atoms with Crippen LogP contribution in [0.4, 0.5) is 0 Å². The number of rotatable bonds is 4. The van der Waals surface area contributed by atoms with Gasteiger partial charge in [0.1, 0.15) is 0 Å². The molecule has 0 aromatic rings. The molecular formula is C14H24O2. The van der Waals surface area contributed by atoms with Crippen molar-refractivity contribution < 1.29 is 9.84 Å². The minimum Gasteiger partial charge on any atom is -0.385 e. The number of epoxide rings is 1. The lowest BCUT2D eigenvalue weighted by Crippen LogP contribution is -2.47. The number of hydrogen-bond acceptors (Lipinski definition) is 2. The van der Waals surface area contributed by atoms with E-state index in [4.69, 9.17) is 4.74 Å². The van der Waals surface area contributed by atoms with Gasteiger partial charge >= 0.3 is 0 Å². The first-order valence-electron chi connectivity index (χ1n) is 6.47. The molecule has 1 N–H and O–H groups in total. The van der Waals surface area contributed by atoms with Crippen LogP contribution in [0.15, 0.2) is 11.6 Å². The zero-order valence-electron chi connectivity index (χ0n) is 10.8. The van der Waals surface area contributed by atoms with E-state index in [0.717, 1.165) is 38.7 Å². The molecule has 0 bridgehead atoms. The summed E-state index contributed by atoms with van der Waals surface area (Å²) in [6, 6.07) is 0. The predicted molar refractivity (Wildman–Crippen MR) is 65.3 cm³/mol. The lowest BCUT2D eigenvalue weighted by Gasteiger charge is -2.46. The van der Waals surface area contributed by atoms with Gasteiger partial charge in [-0.05, 0) is 50.0 Å². The van der Waals surface area contributed by atoms with Crippen molar-refractivity contribution in [1.82, 2.24) is 0 Å². The van der Waals surface area contributed by atoms with Crippen LogP contribution < -0.4 is 0 Å². The van der Waals surface area contributed by atoms with Gasteiger partial charge in [0.05, 0.1) is 18.3 Å². The van der Waals surface area contributed by atoms with E-state index in [1.54, 1.807) is 0 Å². The van der Waals surface area contributed by atoms with E-state index in [1.165, 1.54) is 5.57 Å². The molecule has 0 saturated carbocycles. The molecule has 0 amide bonds. The zero-order chi connectivity index (χ0) is 11.8. The van der Waals surface area contributed by atoms with Gasteiger partial charge in [0.2, 0.25) is 0 Å². The van der Waals surface area contributed by atoms with Crippen molar-refractivity contribution in [3.63, 3.8) is 0 Å². The molecule has 1 aliphatic carbocycles. The number of aliphatic hydroxyl groups is 1. The van der Waals surface area contributed by atoms with Crippen molar-refractivity contribution in [3.05, 3.63) is 11.6 Å². The summed E-state index contributed by atoms with van der Waals surface area (Å²) in [5.41, 5.74) is 0.580. The van der Waals surface area contributed by atoms with Crippen LogP contribution in [0.5, 0.6) is 0 Å². The van der Waals surface area contributed by atoms with Gasteiger partial charge in [0.15, 0.2) is 0 Å². The molecule has 1 aliphatic heterocycles. The van der Waals surface area contributed by atoms with Crippen molar-refractivity contribution in [2.75, 3.05) is 6.61 Å². The Kier molecular flexibility index (Phi) is 3.15. The fourth-order valence-electron chi connectivity index (χ4n) is 2.91. The summed E-state index contributed by atoms with van der Waals surface area (Å²) in [6.45, 7) is 7.39. The Morgan fingerprint density at radius 1 is 1.50 bits per heavy atom. The molecule has 2 atom stereocenters. The van der Waals surface area contributed by atoms with Crippen molar-refractivity contribution in [2.24, 2.45) is 5.41 Å². The van der Waals surface area contributed by atoms with E-state index in [1.807, 2.05) is 0 Å². The predicted octanol–water partition coefficient (Wildman–Crippen LogP) is 3.05. The summed E-state index contributed by atoms with van der Waals surface area (Å²) in [5, 5.41) is 10.9. The first kappa shape index (κ1) is 12.1. The first-order valence-corrected chi connectivity index (χ1v) is 6.47. The molecule has 2 rings (SSSR count). The highest BCUT2D eigenvalue weighted by atomic mass is 16.6. The highest BCUT2D eigenvalue weighted by Gasteiger charge is 2.45. The maximum Gasteiger partial charge on any atom is 0.0904 e. The Bertz CT molecular complexity index is 289. The molecule has 1 heterocycles. The van der Waals surface area contributed by atoms with Gasteiger partial charge in [0, 0.05) is 0 Å². The normalized spacial score (nSPS) is 37.0. The summed E-state index contributed by atoms with van der Waals surface area (Å²) in [4.78, 5) is 0. The Hall–Kier alpha value is -0.340. The fraction of sp³-hybridized carbons (Fsp3) is 0.857. The second-order valence-electron chi connectivity index (χ2n) is 6.02. The second kappa shape index (κ2) is 4.15. The van der Waals surface area contributed by atoms with Crippen LogP contribution in [0, 0.1) is 5.41 Å². The number of hydrogen-bond donors (Lipinski definition) is 1. The smallest absolute Gasteiger partial charge is 0.0904 e. The molecule has 16 heavy (non-hydrogen) atoms. The molecule has 2 nitrogen and oxygen atoms in total. The van der Waals surface area contributed by atoms with Gasteiger partial charge in [-0.25, -0.2) is 0 Å². The van der Waals surface area contributed by atoms with Crippen LogP contribution in [0.3, 0.4) is 0 Å². The number of allylic oxidation sites excluding steroid dienone is 1. The van der Waals surface area contributed by atoms with Crippen LogP contribution in [0.1, 0.15) is 52.9 Å². The van der Waals surface area contributed by atoms with Crippen molar-refractivity contribution >= 4 is 0 Å². The van der Waals surface area contributed by atoms with Gasteiger partial charge in [-0.1, -0.05) is 19.9 Å². The Morgan fingerprint density at radius 2 is 2.19 bits per heavy atom. The summed E-state index contributed by atoms with van der Waals surface area (Å²) in [5.74, 6) is 0. The third-order valence-corrected chi connectivity index (χ3v) is 4.46. The molecule has 2 aliphatic rings. The van der Waals surface area contributed by atoms with E-state index in [-0.39, 0.29) is 5.41 Å². The van der Waals surface area contributed by atoms with E-state index in [0.29, 0.717) is 6.10 Å². The molecule has 0 aromatic carbocycles. The van der Waals surface area contributed by atoms with Gasteiger partial charge < -0.3 is 9.84 Å². The zero-order valence-corrected chi connectivity index (χ0v) is 10.8. The van der Waals surface area contributed by atoms with E-state index >= 15 is 0 Å². The average molecular weight is 224 g/mol. The highest BCUT2D eigenvalue weighted by Crippen LogP contribution is 2.47. The Labute approximate surface area is 98.7 Å². The molecule has 2 heteroatoms. The third kappa shape index (κ3) is 2.18. The van der Waals surface area contributed by atoms with E-state index in [9.17, 15) is 5.11 Å². The van der Waals surface area contributed by atoms with Crippen LogP contribution in [-0.2, 0) is 4.74 Å². The van der Waals surface area contributed by atoms with Gasteiger partial charge in [0.25, 0.3) is 0 Å². The number of ether oxygens (including phenoxy) is 1. The highest BCUT2D eigenvalue weighted by molar-refractivity contribution is 5.22. The monoisotopic (exact) mass is 224 g/mol. The Morgan fingerprint density at radius 3 is 2.75 bits per heavy atom. The standard InChI is InChI=1S/C14H24O2/c1-11-6-4-8-13(2,3)14(11,15)9-5-7-12-10-16-12/h6,12,15H,4-5,7-10H2,1-3H3. The quantitative estimate of drug-likeness (QED) is 0.588. The molecule has 0 spiro atoms. The molecule has 2 unspecified atom stereocenters. The van der Waals surface area contributed by atoms with Gasteiger partial charge in [-0.2, -0.15) is 0 Å². The summed E-state index contributed by atoms with van der Waals surface area (Å²) >= 11 is 0. The van der Waals surface area contributed by atoms with Crippen molar-refractivity contribution in [3.8, 4) is 0 Å². The largest absolute Gasteiger partial charge is 0.385 e. The lowest BCUT2D eigenvalue weighted by atomic mass is 9.63. The lowest BCUT2D eigenvalue weighted by molar-refractivity contribution is -0.0534. The summed E-state index contributed by atoms with van der Waals surface area (Å²) in [6.07, 6.45) is 7.93. The SMILES string of the molecule is CC1=CCCC(C)(C)C1(O)CCCC1CO1. The average Bonchev–Trinajstić information content (AvgIpc) is 2.98. The third-order valence-electron chi connectivity index (χ3n) is 4.46. The molecule has 1 saturated heterocycles. The Balaban J connectivity index is 1.99. The summed E-state index contributed by atoms with van der Waals surface area (Å²) in [7, 11) is 0. The molecular weight excluding hydrogens is 200 g/mol. The fourth-order valence-corrected chi connectivity index (χ4v) is 2.91. The minimum atomic E-state index is -0.597. The van der Waals surface area contributed by atoms with Gasteiger partial charge in [-0.15, -0.1) is 0 Å². The first-order chi connectivity index (χ1) is 7.46. The second-order valence-corrected chi connectivity index (χ2v) is 6.02. The topological polar surface area (TPSA) is 32.8 Å². The summed E-state index contributed by atoms with van der Waals surface area (Å²) < 4.78 is 5.21. The van der Waals surface area contributed by atoms with E-state index in [2.05, 4.69) is 26.8 Å². The maximum absolute atomic E-state index is 10.9. The van der Waals surface area contributed by atoms with Gasteiger partial charge in [-0.3, -0.25) is 0 Å². The minimum absolute atomic E-state index is 0.0102. The van der Waals surface area contributed by atoms with Crippen molar-refractivity contribution in [2.45, 2.75) is 64.6 Å². The van der Waals surface area contributed by atoms with Crippen LogP contribution >= 0.6 is 0 Å². The maximum atomic E-state index is 10.9. The molecule has 0 radical (unpaired) electrons. The molecule has 92 valence electrons. The molecule has 1 fully saturated rings. The van der Waals surface area contributed by atoms with Crippen molar-refractivity contribution in [1.29, 1.82) is 0 Å². The van der Waals surface area contributed by atoms with E-state index < -0.39 is 5.60 Å². The van der Waals surface area contributed by atoms with Crippen LogP contribution in [-0.4, -0.2) is 23.4 Å². The van der Waals surface area contributed by atoms with Crippen LogP contribution in [0.25, 0.3) is 0 Å². The molecule has 0 aromatic heterocycles.